The SMILES string of the molecule is CN1CCC(c2cn(Cc3ccc(C(F)(F)F)cc3)nn2)CC1. The number of hydrogen-bond donors (Lipinski definition) is 0. The number of aromatic nitrogens is 3. The number of rotatable bonds is 3. The Morgan fingerprint density at radius 1 is 1.13 bits per heavy atom. The lowest BCUT2D eigenvalue weighted by Gasteiger charge is -2.27. The van der Waals surface area contributed by atoms with Crippen LogP contribution in [-0.4, -0.2) is 40.0 Å². The summed E-state index contributed by atoms with van der Waals surface area (Å²) < 4.78 is 39.3. The number of likely N-dealkylation sites (tertiary alicyclic amines) is 1. The second-order valence-electron chi connectivity index (χ2n) is 6.11. The van der Waals surface area contributed by atoms with Crippen molar-refractivity contribution in [2.75, 3.05) is 20.1 Å². The lowest BCUT2D eigenvalue weighted by molar-refractivity contribution is -0.137. The number of benzene rings is 1. The van der Waals surface area contributed by atoms with E-state index in [1.165, 1.54) is 12.1 Å². The second kappa shape index (κ2) is 6.31. The minimum Gasteiger partial charge on any atom is -0.306 e. The van der Waals surface area contributed by atoms with E-state index in [2.05, 4.69) is 22.3 Å². The molecule has 3 rings (SSSR count). The average Bonchev–Trinajstić information content (AvgIpc) is 2.96. The molecule has 0 atom stereocenters. The lowest BCUT2D eigenvalue weighted by atomic mass is 9.94. The van der Waals surface area contributed by atoms with Crippen LogP contribution in [0, 0.1) is 0 Å². The van der Waals surface area contributed by atoms with Crippen molar-refractivity contribution >= 4 is 0 Å². The predicted molar refractivity (Wildman–Crippen MR) is 80.0 cm³/mol. The molecule has 0 N–H and O–H groups in total. The zero-order valence-corrected chi connectivity index (χ0v) is 12.9. The molecule has 1 aromatic heterocycles. The van der Waals surface area contributed by atoms with Crippen molar-refractivity contribution in [3.05, 3.63) is 47.3 Å². The van der Waals surface area contributed by atoms with Crippen LogP contribution in [0.2, 0.25) is 0 Å². The Morgan fingerprint density at radius 3 is 2.39 bits per heavy atom. The molecule has 1 aromatic carbocycles. The normalized spacial score (nSPS) is 17.6. The van der Waals surface area contributed by atoms with Gasteiger partial charge in [0, 0.05) is 12.1 Å². The Balaban J connectivity index is 1.65. The first-order chi connectivity index (χ1) is 10.9. The van der Waals surface area contributed by atoms with Gasteiger partial charge in [0.25, 0.3) is 0 Å². The van der Waals surface area contributed by atoms with Crippen molar-refractivity contribution in [2.45, 2.75) is 31.5 Å². The Kier molecular flexibility index (Phi) is 4.39. The Labute approximate surface area is 132 Å². The molecular formula is C16H19F3N4. The smallest absolute Gasteiger partial charge is 0.306 e. The van der Waals surface area contributed by atoms with E-state index in [-0.39, 0.29) is 0 Å². The summed E-state index contributed by atoms with van der Waals surface area (Å²) in [6.07, 6.45) is -0.258. The minimum absolute atomic E-state index is 0.424. The molecule has 1 saturated heterocycles. The first-order valence-corrected chi connectivity index (χ1v) is 7.66. The molecule has 1 fully saturated rings. The van der Waals surface area contributed by atoms with Gasteiger partial charge in [-0.1, -0.05) is 17.3 Å². The maximum atomic E-state index is 12.6. The van der Waals surface area contributed by atoms with Crippen molar-refractivity contribution < 1.29 is 13.2 Å². The molecule has 124 valence electrons. The molecule has 0 saturated carbocycles. The maximum Gasteiger partial charge on any atom is 0.416 e. The fourth-order valence-corrected chi connectivity index (χ4v) is 2.87. The average molecular weight is 324 g/mol. The Bertz CT molecular complexity index is 640. The van der Waals surface area contributed by atoms with E-state index in [9.17, 15) is 13.2 Å². The molecule has 0 spiro atoms. The van der Waals surface area contributed by atoms with Gasteiger partial charge in [0.15, 0.2) is 0 Å². The summed E-state index contributed by atoms with van der Waals surface area (Å²) in [7, 11) is 2.11. The van der Waals surface area contributed by atoms with Gasteiger partial charge in [0.1, 0.15) is 0 Å². The summed E-state index contributed by atoms with van der Waals surface area (Å²) >= 11 is 0. The zero-order valence-electron chi connectivity index (χ0n) is 12.9. The summed E-state index contributed by atoms with van der Waals surface area (Å²) in [6, 6.07) is 5.17. The van der Waals surface area contributed by atoms with Crippen LogP contribution < -0.4 is 0 Å². The molecule has 23 heavy (non-hydrogen) atoms. The van der Waals surface area contributed by atoms with Gasteiger partial charge in [0.05, 0.1) is 17.8 Å². The molecule has 0 unspecified atom stereocenters. The molecular weight excluding hydrogens is 305 g/mol. The summed E-state index contributed by atoms with van der Waals surface area (Å²) in [4.78, 5) is 2.29. The Hall–Kier alpha value is -1.89. The monoisotopic (exact) mass is 324 g/mol. The summed E-state index contributed by atoms with van der Waals surface area (Å²) in [5.41, 5.74) is 1.12. The number of hydrogen-bond acceptors (Lipinski definition) is 3. The quantitative estimate of drug-likeness (QED) is 0.870. The minimum atomic E-state index is -4.30. The van der Waals surface area contributed by atoms with Gasteiger partial charge >= 0.3 is 6.18 Å². The number of halogens is 3. The van der Waals surface area contributed by atoms with Crippen LogP contribution in [-0.2, 0) is 12.7 Å². The van der Waals surface area contributed by atoms with E-state index < -0.39 is 11.7 Å². The highest BCUT2D eigenvalue weighted by Gasteiger charge is 2.30. The standard InChI is InChI=1S/C16H19F3N4/c1-22-8-6-13(7-9-22)15-11-23(21-20-15)10-12-2-4-14(5-3-12)16(17,18)19/h2-5,11,13H,6-10H2,1H3. The molecule has 0 aliphatic carbocycles. The molecule has 0 radical (unpaired) electrons. The molecule has 2 heterocycles. The number of piperidine rings is 1. The van der Waals surface area contributed by atoms with Crippen LogP contribution in [0.25, 0.3) is 0 Å². The third-order valence-electron chi connectivity index (χ3n) is 4.32. The number of nitrogens with zero attached hydrogens (tertiary/aromatic N) is 4. The first-order valence-electron chi connectivity index (χ1n) is 7.66. The fourth-order valence-electron chi connectivity index (χ4n) is 2.87. The van der Waals surface area contributed by atoms with Crippen LogP contribution in [0.15, 0.2) is 30.5 Å². The molecule has 2 aromatic rings. The van der Waals surface area contributed by atoms with E-state index >= 15 is 0 Å². The van der Waals surface area contributed by atoms with Crippen molar-refractivity contribution in [1.82, 2.24) is 19.9 Å². The van der Waals surface area contributed by atoms with Crippen molar-refractivity contribution in [2.24, 2.45) is 0 Å². The molecule has 1 aliphatic heterocycles. The van der Waals surface area contributed by atoms with Crippen LogP contribution in [0.4, 0.5) is 13.2 Å². The van der Waals surface area contributed by atoms with E-state index in [1.807, 2.05) is 6.20 Å². The summed E-state index contributed by atoms with van der Waals surface area (Å²) in [5, 5.41) is 8.34. The van der Waals surface area contributed by atoms with E-state index in [4.69, 9.17) is 0 Å². The van der Waals surface area contributed by atoms with E-state index in [0.717, 1.165) is 49.3 Å². The van der Waals surface area contributed by atoms with Gasteiger partial charge in [-0.05, 0) is 50.7 Å². The molecule has 4 nitrogen and oxygen atoms in total. The van der Waals surface area contributed by atoms with Gasteiger partial charge in [0.2, 0.25) is 0 Å². The molecule has 0 amide bonds. The first kappa shape index (κ1) is 16.0. The van der Waals surface area contributed by atoms with Crippen LogP contribution in [0.5, 0.6) is 0 Å². The molecule has 7 heteroatoms. The third kappa shape index (κ3) is 3.90. The fraction of sp³-hybridized carbons (Fsp3) is 0.500. The van der Waals surface area contributed by atoms with Gasteiger partial charge in [-0.2, -0.15) is 13.2 Å². The van der Waals surface area contributed by atoms with Crippen molar-refractivity contribution in [3.8, 4) is 0 Å². The molecule has 0 bridgehead atoms. The predicted octanol–water partition coefficient (Wildman–Crippen LogP) is 3.15. The van der Waals surface area contributed by atoms with Gasteiger partial charge in [-0.25, -0.2) is 4.68 Å². The zero-order chi connectivity index (χ0) is 16.4. The topological polar surface area (TPSA) is 34.0 Å². The van der Waals surface area contributed by atoms with Gasteiger partial charge in [-0.15, -0.1) is 5.10 Å². The summed E-state index contributed by atoms with van der Waals surface area (Å²) in [6.45, 7) is 2.53. The van der Waals surface area contributed by atoms with Crippen LogP contribution in [0.1, 0.15) is 35.6 Å². The van der Waals surface area contributed by atoms with Crippen molar-refractivity contribution in [1.29, 1.82) is 0 Å². The third-order valence-corrected chi connectivity index (χ3v) is 4.32. The molecule has 1 aliphatic rings. The second-order valence-corrected chi connectivity index (χ2v) is 6.11. The maximum absolute atomic E-state index is 12.6. The summed E-state index contributed by atoms with van der Waals surface area (Å²) in [5.74, 6) is 0.424. The largest absolute Gasteiger partial charge is 0.416 e. The van der Waals surface area contributed by atoms with Gasteiger partial charge in [-0.3, -0.25) is 0 Å². The Morgan fingerprint density at radius 2 is 1.78 bits per heavy atom. The highest BCUT2D eigenvalue weighted by atomic mass is 19.4. The highest BCUT2D eigenvalue weighted by molar-refractivity contribution is 5.24. The van der Waals surface area contributed by atoms with Crippen LogP contribution in [0.3, 0.4) is 0 Å². The highest BCUT2D eigenvalue weighted by Crippen LogP contribution is 2.29. The van der Waals surface area contributed by atoms with E-state index in [1.54, 1.807) is 4.68 Å². The van der Waals surface area contributed by atoms with Gasteiger partial charge < -0.3 is 4.90 Å². The number of alkyl halides is 3. The van der Waals surface area contributed by atoms with Crippen LogP contribution >= 0.6 is 0 Å². The van der Waals surface area contributed by atoms with Crippen molar-refractivity contribution in [3.63, 3.8) is 0 Å². The lowest BCUT2D eigenvalue weighted by Crippen LogP contribution is -2.29. The van der Waals surface area contributed by atoms with E-state index in [0.29, 0.717) is 12.5 Å².